The molecule has 0 N–H and O–H groups in total. The Hall–Kier alpha value is -2.57. The maximum absolute atomic E-state index is 13.5. The molecule has 7 heteroatoms. The Labute approximate surface area is 219 Å². The van der Waals surface area contributed by atoms with E-state index in [0.717, 1.165) is 32.1 Å². The molecule has 1 aliphatic heterocycles. The van der Waals surface area contributed by atoms with Crippen molar-refractivity contribution in [1.29, 1.82) is 0 Å². The van der Waals surface area contributed by atoms with Crippen LogP contribution in [-0.2, 0) is 28.6 Å². The standard InChI is InChI=1S/C30H40O7/c1-5-18(2)19-11-13-22(14-12-19)34-17-24(31)35-25-20-15-23-26(25)36-27(32)30(23,16-20)28(33)37-29(3,4)21-9-7-6-8-10-21/h11-14,18,20-21,23,25-26H,5-10,15-17H2,1-4H3. The van der Waals surface area contributed by atoms with Gasteiger partial charge < -0.3 is 18.9 Å². The van der Waals surface area contributed by atoms with E-state index in [9.17, 15) is 14.4 Å². The third-order valence-electron chi connectivity index (χ3n) is 9.56. The van der Waals surface area contributed by atoms with Crippen LogP contribution in [0, 0.1) is 23.2 Å². The minimum Gasteiger partial charge on any atom is -0.482 e. The van der Waals surface area contributed by atoms with Crippen molar-refractivity contribution < 1.29 is 33.3 Å². The first-order chi connectivity index (χ1) is 17.7. The molecule has 6 unspecified atom stereocenters. The zero-order valence-electron chi connectivity index (χ0n) is 22.5. The van der Waals surface area contributed by atoms with Gasteiger partial charge in [0.1, 0.15) is 23.6 Å². The Bertz CT molecular complexity index is 1020. The summed E-state index contributed by atoms with van der Waals surface area (Å²) in [5.74, 6) is -0.536. The molecule has 1 aromatic rings. The minimum atomic E-state index is -1.27. The van der Waals surface area contributed by atoms with Gasteiger partial charge in [0.2, 0.25) is 0 Å². The minimum absolute atomic E-state index is 0.106. The van der Waals surface area contributed by atoms with E-state index in [4.69, 9.17) is 18.9 Å². The van der Waals surface area contributed by atoms with Crippen LogP contribution in [0.5, 0.6) is 5.75 Å². The molecule has 202 valence electrons. The van der Waals surface area contributed by atoms with Crippen molar-refractivity contribution >= 4 is 17.9 Å². The van der Waals surface area contributed by atoms with E-state index in [2.05, 4.69) is 13.8 Å². The molecule has 1 aromatic carbocycles. The topological polar surface area (TPSA) is 88.1 Å². The second-order valence-electron chi connectivity index (χ2n) is 12.1. The highest BCUT2D eigenvalue weighted by Crippen LogP contribution is 2.63. The highest BCUT2D eigenvalue weighted by molar-refractivity contribution is 6.03. The van der Waals surface area contributed by atoms with Gasteiger partial charge in [-0.1, -0.05) is 45.2 Å². The smallest absolute Gasteiger partial charge is 0.344 e. The fourth-order valence-electron chi connectivity index (χ4n) is 7.10. The molecule has 3 aliphatic carbocycles. The van der Waals surface area contributed by atoms with Gasteiger partial charge in [-0.15, -0.1) is 0 Å². The summed E-state index contributed by atoms with van der Waals surface area (Å²) in [7, 11) is 0. The average molecular weight is 513 g/mol. The molecule has 0 radical (unpaired) electrons. The second kappa shape index (κ2) is 9.95. The number of carbonyl (C=O) groups excluding carboxylic acids is 3. The molecule has 7 nitrogen and oxygen atoms in total. The summed E-state index contributed by atoms with van der Waals surface area (Å²) in [5.41, 5.74) is -0.660. The molecule has 6 atom stereocenters. The molecule has 0 amide bonds. The predicted molar refractivity (Wildman–Crippen MR) is 136 cm³/mol. The Balaban J connectivity index is 1.18. The number of carbonyl (C=O) groups is 3. The molecule has 0 aromatic heterocycles. The second-order valence-corrected chi connectivity index (χ2v) is 12.1. The SMILES string of the molecule is CCC(C)c1ccc(OCC(=O)OC2C3CC4C2OC(=O)C4(C(=O)OC(C)(C)C2CCCCC2)C3)cc1. The molecule has 2 bridgehead atoms. The van der Waals surface area contributed by atoms with E-state index in [-0.39, 0.29) is 18.4 Å². The first-order valence-electron chi connectivity index (χ1n) is 14.0. The van der Waals surface area contributed by atoms with Gasteiger partial charge in [-0.05, 0) is 75.5 Å². The summed E-state index contributed by atoms with van der Waals surface area (Å²) in [6.45, 7) is 8.02. The van der Waals surface area contributed by atoms with Gasteiger partial charge in [-0.2, -0.15) is 0 Å². The fraction of sp³-hybridized carbons (Fsp3) is 0.700. The summed E-state index contributed by atoms with van der Waals surface area (Å²) in [6.07, 6.45) is 6.41. The van der Waals surface area contributed by atoms with E-state index in [0.29, 0.717) is 30.4 Å². The maximum atomic E-state index is 13.5. The molecule has 1 heterocycles. The average Bonchev–Trinajstić information content (AvgIpc) is 3.50. The van der Waals surface area contributed by atoms with Crippen LogP contribution in [0.3, 0.4) is 0 Å². The molecular weight excluding hydrogens is 472 g/mol. The number of benzene rings is 1. The number of rotatable bonds is 9. The normalized spacial score (nSPS) is 31.6. The van der Waals surface area contributed by atoms with Crippen LogP contribution in [0.1, 0.15) is 90.5 Å². The van der Waals surface area contributed by atoms with Crippen molar-refractivity contribution in [2.45, 2.75) is 103 Å². The third kappa shape index (κ3) is 4.63. The fourth-order valence-corrected chi connectivity index (χ4v) is 7.10. The molecule has 1 saturated heterocycles. The lowest BCUT2D eigenvalue weighted by molar-refractivity contribution is -0.181. The zero-order valence-corrected chi connectivity index (χ0v) is 22.5. The summed E-state index contributed by atoms with van der Waals surface area (Å²) in [5, 5.41) is 0. The lowest BCUT2D eigenvalue weighted by atomic mass is 9.73. The third-order valence-corrected chi connectivity index (χ3v) is 9.56. The number of ether oxygens (including phenoxy) is 4. The molecule has 4 aliphatic rings. The number of fused-ring (bicyclic) bond motifs is 1. The van der Waals surface area contributed by atoms with Gasteiger partial charge in [0.15, 0.2) is 12.0 Å². The van der Waals surface area contributed by atoms with E-state index < -0.39 is 41.1 Å². The lowest BCUT2D eigenvalue weighted by Gasteiger charge is -2.39. The van der Waals surface area contributed by atoms with Gasteiger partial charge >= 0.3 is 17.9 Å². The maximum Gasteiger partial charge on any atom is 0.344 e. The number of hydrogen-bond donors (Lipinski definition) is 0. The summed E-state index contributed by atoms with van der Waals surface area (Å²) in [6, 6.07) is 7.74. The first kappa shape index (κ1) is 26.1. The van der Waals surface area contributed by atoms with Crippen LogP contribution < -0.4 is 4.74 Å². The molecule has 37 heavy (non-hydrogen) atoms. The van der Waals surface area contributed by atoms with Crippen molar-refractivity contribution in [3.8, 4) is 5.75 Å². The molecule has 0 spiro atoms. The zero-order chi connectivity index (χ0) is 26.4. The van der Waals surface area contributed by atoms with E-state index in [1.54, 1.807) is 0 Å². The Kier molecular flexibility index (Phi) is 7.01. The first-order valence-corrected chi connectivity index (χ1v) is 14.0. The summed E-state index contributed by atoms with van der Waals surface area (Å²) in [4.78, 5) is 39.2. The van der Waals surface area contributed by atoms with Gasteiger partial charge in [-0.3, -0.25) is 9.59 Å². The van der Waals surface area contributed by atoms with Crippen molar-refractivity contribution in [2.24, 2.45) is 23.2 Å². The highest BCUT2D eigenvalue weighted by atomic mass is 16.6. The van der Waals surface area contributed by atoms with E-state index >= 15 is 0 Å². The monoisotopic (exact) mass is 512 g/mol. The van der Waals surface area contributed by atoms with E-state index in [1.807, 2.05) is 38.1 Å². The Morgan fingerprint density at radius 1 is 1.14 bits per heavy atom. The van der Waals surface area contributed by atoms with Crippen molar-refractivity contribution in [3.05, 3.63) is 29.8 Å². The van der Waals surface area contributed by atoms with Gasteiger partial charge in [0.05, 0.1) is 0 Å². The molecular formula is C30H40O7. The summed E-state index contributed by atoms with van der Waals surface area (Å²) >= 11 is 0. The number of hydrogen-bond acceptors (Lipinski definition) is 7. The van der Waals surface area contributed by atoms with Crippen LogP contribution in [0.15, 0.2) is 24.3 Å². The summed E-state index contributed by atoms with van der Waals surface area (Å²) < 4.78 is 23.2. The van der Waals surface area contributed by atoms with Crippen LogP contribution in [0.2, 0.25) is 0 Å². The van der Waals surface area contributed by atoms with Crippen molar-refractivity contribution in [1.82, 2.24) is 0 Å². The highest BCUT2D eigenvalue weighted by Gasteiger charge is 2.75. The van der Waals surface area contributed by atoms with Crippen LogP contribution in [0.4, 0.5) is 0 Å². The largest absolute Gasteiger partial charge is 0.482 e. The Morgan fingerprint density at radius 2 is 1.84 bits per heavy atom. The van der Waals surface area contributed by atoms with Crippen LogP contribution in [0.25, 0.3) is 0 Å². The Morgan fingerprint density at radius 3 is 2.51 bits per heavy atom. The lowest BCUT2D eigenvalue weighted by Crippen LogP contribution is -2.49. The van der Waals surface area contributed by atoms with Crippen LogP contribution >= 0.6 is 0 Å². The van der Waals surface area contributed by atoms with Gasteiger partial charge in [0, 0.05) is 11.8 Å². The van der Waals surface area contributed by atoms with Crippen LogP contribution in [-0.4, -0.2) is 42.3 Å². The number of esters is 3. The molecule has 4 fully saturated rings. The van der Waals surface area contributed by atoms with Crippen molar-refractivity contribution in [2.75, 3.05) is 6.61 Å². The quantitative estimate of drug-likeness (QED) is 0.251. The van der Waals surface area contributed by atoms with Crippen molar-refractivity contribution in [3.63, 3.8) is 0 Å². The van der Waals surface area contributed by atoms with Gasteiger partial charge in [-0.25, -0.2) is 4.79 Å². The molecule has 5 rings (SSSR count). The predicted octanol–water partition coefficient (Wildman–Crippen LogP) is 5.34. The van der Waals surface area contributed by atoms with E-state index in [1.165, 1.54) is 12.0 Å². The van der Waals surface area contributed by atoms with Gasteiger partial charge in [0.25, 0.3) is 0 Å². The molecule has 3 saturated carbocycles.